The molecule has 4 nitrogen and oxygen atoms in total. The Kier molecular flexibility index (Phi) is 4.47. The van der Waals surface area contributed by atoms with Gasteiger partial charge in [-0.25, -0.2) is 0 Å². The predicted octanol–water partition coefficient (Wildman–Crippen LogP) is 2.84. The molecule has 2 aromatic rings. The van der Waals surface area contributed by atoms with E-state index in [4.69, 9.17) is 10.00 Å². The van der Waals surface area contributed by atoms with Crippen LogP contribution in [0.4, 0.5) is 0 Å². The van der Waals surface area contributed by atoms with Crippen molar-refractivity contribution in [1.82, 2.24) is 9.88 Å². The number of nitriles is 1. The second kappa shape index (κ2) is 6.51. The number of ether oxygens (including phenoxy) is 1. The van der Waals surface area contributed by atoms with Gasteiger partial charge in [0.1, 0.15) is 0 Å². The molecule has 1 aliphatic rings. The summed E-state index contributed by atoms with van der Waals surface area (Å²) < 4.78 is 7.75. The number of rotatable bonds is 5. The highest BCUT2D eigenvalue weighted by molar-refractivity contribution is 5.82. The van der Waals surface area contributed by atoms with Gasteiger partial charge < -0.3 is 14.6 Å². The standard InChI is InChI=1S/C18H23N3O/c1-3-21-16(7-6-15-10-17(22-2)12-20-15)9-14-5-4-13(11-19)8-18(14)21/h4-5,8-9,15,17,20H,3,6-7,10,12H2,1-2H3/t15-,17-/m0/s1. The lowest BCUT2D eigenvalue weighted by Crippen LogP contribution is -2.22. The van der Waals surface area contributed by atoms with Crippen LogP contribution < -0.4 is 5.32 Å². The van der Waals surface area contributed by atoms with Gasteiger partial charge in [-0.2, -0.15) is 5.26 Å². The molecule has 0 bridgehead atoms. The maximum absolute atomic E-state index is 9.08. The molecule has 2 heterocycles. The second-order valence-electron chi connectivity index (χ2n) is 6.00. The maximum Gasteiger partial charge on any atom is 0.0992 e. The third-order valence-corrected chi connectivity index (χ3v) is 4.70. The highest BCUT2D eigenvalue weighted by Crippen LogP contribution is 2.23. The van der Waals surface area contributed by atoms with Gasteiger partial charge >= 0.3 is 0 Å². The molecule has 0 amide bonds. The maximum atomic E-state index is 9.08. The zero-order valence-corrected chi connectivity index (χ0v) is 13.3. The molecular formula is C18H23N3O. The average molecular weight is 297 g/mol. The number of hydrogen-bond acceptors (Lipinski definition) is 3. The Morgan fingerprint density at radius 3 is 2.95 bits per heavy atom. The summed E-state index contributed by atoms with van der Waals surface area (Å²) in [6.45, 7) is 4.06. The molecule has 0 unspecified atom stereocenters. The Morgan fingerprint density at radius 1 is 1.41 bits per heavy atom. The molecule has 1 fully saturated rings. The summed E-state index contributed by atoms with van der Waals surface area (Å²) in [6, 6.07) is 11.0. The van der Waals surface area contributed by atoms with Crippen molar-refractivity contribution in [2.75, 3.05) is 13.7 Å². The lowest BCUT2D eigenvalue weighted by molar-refractivity contribution is 0.117. The summed E-state index contributed by atoms with van der Waals surface area (Å²) in [5, 5.41) is 13.9. The van der Waals surface area contributed by atoms with E-state index in [9.17, 15) is 0 Å². The minimum absolute atomic E-state index is 0.361. The largest absolute Gasteiger partial charge is 0.380 e. The minimum atomic E-state index is 0.361. The van der Waals surface area contributed by atoms with Crippen molar-refractivity contribution < 1.29 is 4.74 Å². The van der Waals surface area contributed by atoms with Crippen molar-refractivity contribution in [2.45, 2.75) is 44.9 Å². The highest BCUT2D eigenvalue weighted by Gasteiger charge is 2.23. The summed E-state index contributed by atoms with van der Waals surface area (Å²) in [5.74, 6) is 0. The molecule has 22 heavy (non-hydrogen) atoms. The van der Waals surface area contributed by atoms with Gasteiger partial charge in [0.15, 0.2) is 0 Å². The van der Waals surface area contributed by atoms with Crippen LogP contribution in [0.5, 0.6) is 0 Å². The molecule has 1 aliphatic heterocycles. The molecule has 4 heteroatoms. The lowest BCUT2D eigenvalue weighted by Gasteiger charge is -2.12. The fourth-order valence-corrected chi connectivity index (χ4v) is 3.47. The number of fused-ring (bicyclic) bond motifs is 1. The van der Waals surface area contributed by atoms with Crippen molar-refractivity contribution in [3.8, 4) is 6.07 Å². The summed E-state index contributed by atoms with van der Waals surface area (Å²) in [6.07, 6.45) is 3.64. The van der Waals surface area contributed by atoms with E-state index in [1.165, 1.54) is 16.6 Å². The van der Waals surface area contributed by atoms with Crippen molar-refractivity contribution in [3.63, 3.8) is 0 Å². The first-order valence-corrected chi connectivity index (χ1v) is 8.03. The zero-order chi connectivity index (χ0) is 15.5. The van der Waals surface area contributed by atoms with Crippen LogP contribution in [0, 0.1) is 11.3 Å². The summed E-state index contributed by atoms with van der Waals surface area (Å²) in [5.41, 5.74) is 3.26. The fraction of sp³-hybridized carbons (Fsp3) is 0.500. The van der Waals surface area contributed by atoms with E-state index >= 15 is 0 Å². The average Bonchev–Trinajstić information content (AvgIpc) is 3.15. The molecule has 1 aromatic carbocycles. The zero-order valence-electron chi connectivity index (χ0n) is 13.3. The van der Waals surface area contributed by atoms with Gasteiger partial charge in [0.05, 0.1) is 17.7 Å². The highest BCUT2D eigenvalue weighted by atomic mass is 16.5. The van der Waals surface area contributed by atoms with E-state index in [0.29, 0.717) is 12.1 Å². The summed E-state index contributed by atoms with van der Waals surface area (Å²) >= 11 is 0. The van der Waals surface area contributed by atoms with Gasteiger partial charge in [0, 0.05) is 37.5 Å². The molecule has 2 atom stereocenters. The quantitative estimate of drug-likeness (QED) is 0.923. The first kappa shape index (κ1) is 15.1. The van der Waals surface area contributed by atoms with E-state index in [-0.39, 0.29) is 0 Å². The normalized spacial score (nSPS) is 21.3. The fourth-order valence-electron chi connectivity index (χ4n) is 3.47. The molecule has 3 rings (SSSR count). The van der Waals surface area contributed by atoms with Crippen LogP contribution in [-0.4, -0.2) is 30.4 Å². The van der Waals surface area contributed by atoms with Gasteiger partial charge in [-0.15, -0.1) is 0 Å². The number of aromatic nitrogens is 1. The first-order valence-electron chi connectivity index (χ1n) is 8.03. The van der Waals surface area contributed by atoms with E-state index < -0.39 is 0 Å². The van der Waals surface area contributed by atoms with E-state index in [0.717, 1.165) is 37.9 Å². The molecular weight excluding hydrogens is 274 g/mol. The Morgan fingerprint density at radius 2 is 2.27 bits per heavy atom. The molecule has 1 saturated heterocycles. The predicted molar refractivity (Wildman–Crippen MR) is 87.9 cm³/mol. The van der Waals surface area contributed by atoms with Crippen molar-refractivity contribution in [2.24, 2.45) is 0 Å². The Labute approximate surface area is 131 Å². The van der Waals surface area contributed by atoms with Crippen LogP contribution in [0.2, 0.25) is 0 Å². The Hall–Kier alpha value is -1.83. The van der Waals surface area contributed by atoms with Crippen LogP contribution in [0.1, 0.15) is 31.0 Å². The van der Waals surface area contributed by atoms with E-state index in [1.54, 1.807) is 7.11 Å². The molecule has 0 spiro atoms. The molecule has 0 radical (unpaired) electrons. The van der Waals surface area contributed by atoms with Crippen LogP contribution in [0.25, 0.3) is 10.9 Å². The number of hydrogen-bond donors (Lipinski definition) is 1. The SMILES string of the molecule is CCn1c(CC[C@H]2C[C@H](OC)CN2)cc2ccc(C#N)cc21. The van der Waals surface area contributed by atoms with Gasteiger partial charge in [0.25, 0.3) is 0 Å². The van der Waals surface area contributed by atoms with Crippen molar-refractivity contribution in [1.29, 1.82) is 5.26 Å². The summed E-state index contributed by atoms with van der Waals surface area (Å²) in [4.78, 5) is 0. The van der Waals surface area contributed by atoms with E-state index in [2.05, 4.69) is 35.0 Å². The van der Waals surface area contributed by atoms with Gasteiger partial charge in [-0.05, 0) is 49.8 Å². The molecule has 0 saturated carbocycles. The monoisotopic (exact) mass is 297 g/mol. The molecule has 1 N–H and O–H groups in total. The Bertz CT molecular complexity index is 698. The van der Waals surface area contributed by atoms with Gasteiger partial charge in [0.2, 0.25) is 0 Å². The molecule has 0 aliphatic carbocycles. The number of aryl methyl sites for hydroxylation is 2. The van der Waals surface area contributed by atoms with Crippen molar-refractivity contribution in [3.05, 3.63) is 35.5 Å². The lowest BCUT2D eigenvalue weighted by atomic mass is 10.1. The minimum Gasteiger partial charge on any atom is -0.380 e. The second-order valence-corrected chi connectivity index (χ2v) is 6.00. The molecule has 116 valence electrons. The van der Waals surface area contributed by atoms with E-state index in [1.807, 2.05) is 12.1 Å². The topological polar surface area (TPSA) is 50.0 Å². The van der Waals surface area contributed by atoms with Gasteiger partial charge in [-0.3, -0.25) is 0 Å². The number of nitrogens with one attached hydrogen (secondary N) is 1. The van der Waals surface area contributed by atoms with Crippen LogP contribution >= 0.6 is 0 Å². The van der Waals surface area contributed by atoms with Gasteiger partial charge in [-0.1, -0.05) is 6.07 Å². The summed E-state index contributed by atoms with van der Waals surface area (Å²) in [7, 11) is 1.79. The van der Waals surface area contributed by atoms with Crippen LogP contribution in [0.15, 0.2) is 24.3 Å². The Balaban J connectivity index is 1.77. The third-order valence-electron chi connectivity index (χ3n) is 4.70. The first-order chi connectivity index (χ1) is 10.7. The van der Waals surface area contributed by atoms with Crippen molar-refractivity contribution >= 4 is 10.9 Å². The third kappa shape index (κ3) is 2.87. The number of benzene rings is 1. The molecule has 1 aromatic heterocycles. The number of methoxy groups -OCH3 is 1. The number of nitrogens with zero attached hydrogens (tertiary/aromatic N) is 2. The smallest absolute Gasteiger partial charge is 0.0992 e. The van der Waals surface area contributed by atoms with Crippen LogP contribution in [-0.2, 0) is 17.7 Å². The van der Waals surface area contributed by atoms with Crippen LogP contribution in [0.3, 0.4) is 0 Å².